The fourth-order valence-electron chi connectivity index (χ4n) is 0.659. The van der Waals surface area contributed by atoms with E-state index in [1.807, 2.05) is 5.16 Å². The largest absolute Gasteiger partial charge is 0.205 e. The Bertz CT molecular complexity index is 337. The molecule has 1 aromatic rings. The molecule has 1 aromatic carbocycles. The van der Waals surface area contributed by atoms with Crippen LogP contribution in [0.3, 0.4) is 0 Å². The third kappa shape index (κ3) is 1.85. The van der Waals surface area contributed by atoms with Crippen LogP contribution < -0.4 is 0 Å². The van der Waals surface area contributed by atoms with Gasteiger partial charge in [-0.05, 0) is 12.2 Å². The molecule has 12 heavy (non-hydrogen) atoms. The molecule has 0 aliphatic heterocycles. The van der Waals surface area contributed by atoms with Gasteiger partial charge in [0.2, 0.25) is 0 Å². The minimum Gasteiger partial charge on any atom is -0.205 e. The lowest BCUT2D eigenvalue weighted by Crippen LogP contribution is -1.82. The fraction of sp³-hybridized carbons (Fsp3) is 0. The Balaban J connectivity index is 3.30. The SMILES string of the molecule is Fc1cc(N=C=S)cc(F)c1Cl. The standard InChI is InChI=1S/C7H2ClF2NS/c8-7-5(9)1-4(11-3-12)2-6(7)10/h1-2H. The number of isothiocyanates is 1. The van der Waals surface area contributed by atoms with Gasteiger partial charge >= 0.3 is 0 Å². The highest BCUT2D eigenvalue weighted by Gasteiger charge is 2.07. The van der Waals surface area contributed by atoms with Gasteiger partial charge in [-0.1, -0.05) is 11.6 Å². The Kier molecular flexibility index (Phi) is 2.87. The molecule has 0 saturated carbocycles. The van der Waals surface area contributed by atoms with Gasteiger partial charge in [-0.25, -0.2) is 8.78 Å². The van der Waals surface area contributed by atoms with Crippen molar-refractivity contribution >= 4 is 34.7 Å². The third-order valence-electron chi connectivity index (χ3n) is 1.14. The van der Waals surface area contributed by atoms with E-state index >= 15 is 0 Å². The molecule has 0 aromatic heterocycles. The number of aliphatic imine (C=N–C) groups is 1. The van der Waals surface area contributed by atoms with E-state index in [4.69, 9.17) is 11.6 Å². The van der Waals surface area contributed by atoms with Crippen LogP contribution in [0.2, 0.25) is 5.02 Å². The number of nitrogens with zero attached hydrogens (tertiary/aromatic N) is 1. The van der Waals surface area contributed by atoms with Gasteiger partial charge in [-0.15, -0.1) is 0 Å². The summed E-state index contributed by atoms with van der Waals surface area (Å²) < 4.78 is 25.3. The summed E-state index contributed by atoms with van der Waals surface area (Å²) in [6, 6.07) is 1.95. The maximum Gasteiger partial charge on any atom is 0.146 e. The summed E-state index contributed by atoms with van der Waals surface area (Å²) in [6.45, 7) is 0. The van der Waals surface area contributed by atoms with Crippen LogP contribution in [-0.2, 0) is 0 Å². The molecule has 0 aliphatic carbocycles. The van der Waals surface area contributed by atoms with Crippen LogP contribution in [0.1, 0.15) is 0 Å². The predicted octanol–water partition coefficient (Wildman–Crippen LogP) is 3.35. The quantitative estimate of drug-likeness (QED) is 0.389. The monoisotopic (exact) mass is 205 g/mol. The van der Waals surface area contributed by atoms with Crippen molar-refractivity contribution in [2.45, 2.75) is 0 Å². The minimum atomic E-state index is -0.860. The zero-order valence-electron chi connectivity index (χ0n) is 5.64. The maximum absolute atomic E-state index is 12.7. The van der Waals surface area contributed by atoms with Gasteiger partial charge in [0.25, 0.3) is 0 Å². The number of benzene rings is 1. The van der Waals surface area contributed by atoms with Crippen LogP contribution in [-0.4, -0.2) is 5.16 Å². The molecule has 1 rings (SSSR count). The van der Waals surface area contributed by atoms with Crippen molar-refractivity contribution in [1.29, 1.82) is 0 Å². The molecule has 0 amide bonds. The molecule has 0 spiro atoms. The highest BCUT2D eigenvalue weighted by atomic mass is 35.5. The highest BCUT2D eigenvalue weighted by Crippen LogP contribution is 2.24. The van der Waals surface area contributed by atoms with E-state index in [9.17, 15) is 8.78 Å². The van der Waals surface area contributed by atoms with Crippen molar-refractivity contribution in [2.24, 2.45) is 4.99 Å². The first-order valence-corrected chi connectivity index (χ1v) is 3.66. The first-order valence-electron chi connectivity index (χ1n) is 2.87. The first kappa shape index (κ1) is 9.26. The van der Waals surface area contributed by atoms with E-state index < -0.39 is 16.7 Å². The zero-order valence-corrected chi connectivity index (χ0v) is 7.22. The molecule has 0 bridgehead atoms. The molecule has 0 radical (unpaired) electrons. The van der Waals surface area contributed by atoms with Crippen LogP contribution in [0.25, 0.3) is 0 Å². The number of hydrogen-bond acceptors (Lipinski definition) is 2. The summed E-state index contributed by atoms with van der Waals surface area (Å²) in [5, 5.41) is 1.45. The number of thiocarbonyl (C=S) groups is 1. The second kappa shape index (κ2) is 3.72. The molecule has 0 heterocycles. The molecular weight excluding hydrogens is 204 g/mol. The average molecular weight is 206 g/mol. The van der Waals surface area contributed by atoms with Gasteiger partial charge in [0.05, 0.1) is 10.8 Å². The summed E-state index contributed by atoms with van der Waals surface area (Å²) in [5.74, 6) is -1.72. The van der Waals surface area contributed by atoms with Gasteiger partial charge < -0.3 is 0 Å². The van der Waals surface area contributed by atoms with Gasteiger partial charge in [-0.2, -0.15) is 4.99 Å². The van der Waals surface area contributed by atoms with E-state index in [1.165, 1.54) is 0 Å². The Labute approximate surface area is 77.7 Å². The van der Waals surface area contributed by atoms with Gasteiger partial charge in [-0.3, -0.25) is 0 Å². The van der Waals surface area contributed by atoms with Crippen LogP contribution in [0.4, 0.5) is 14.5 Å². The summed E-state index contributed by atoms with van der Waals surface area (Å²) in [4.78, 5) is 3.40. The normalized spacial score (nSPS) is 9.25. The van der Waals surface area contributed by atoms with Crippen molar-refractivity contribution in [3.05, 3.63) is 28.8 Å². The summed E-state index contributed by atoms with van der Waals surface area (Å²) in [5.41, 5.74) is 0.0596. The molecule has 0 atom stereocenters. The minimum absolute atomic E-state index is 0.0596. The topological polar surface area (TPSA) is 12.4 Å². The lowest BCUT2D eigenvalue weighted by Gasteiger charge is -1.96. The lowest BCUT2D eigenvalue weighted by molar-refractivity contribution is 0.585. The summed E-state index contributed by atoms with van der Waals surface area (Å²) in [7, 11) is 0. The van der Waals surface area contributed by atoms with E-state index in [1.54, 1.807) is 0 Å². The second-order valence-electron chi connectivity index (χ2n) is 1.93. The smallest absolute Gasteiger partial charge is 0.146 e. The van der Waals surface area contributed by atoms with E-state index in [-0.39, 0.29) is 5.69 Å². The van der Waals surface area contributed by atoms with Crippen molar-refractivity contribution < 1.29 is 8.78 Å². The molecule has 5 heteroatoms. The molecule has 62 valence electrons. The Morgan fingerprint density at radius 2 is 1.83 bits per heavy atom. The summed E-state index contributed by atoms with van der Waals surface area (Å²) >= 11 is 9.47. The molecule has 0 aliphatic rings. The Hall–Kier alpha value is -0.830. The fourth-order valence-corrected chi connectivity index (χ4v) is 0.874. The number of hydrogen-bond donors (Lipinski definition) is 0. The molecule has 0 unspecified atom stereocenters. The van der Waals surface area contributed by atoms with E-state index in [2.05, 4.69) is 17.2 Å². The summed E-state index contributed by atoms with van der Waals surface area (Å²) in [6.07, 6.45) is 0. The van der Waals surface area contributed by atoms with Crippen molar-refractivity contribution in [3.63, 3.8) is 0 Å². The third-order valence-corrected chi connectivity index (χ3v) is 1.60. The molecule has 1 nitrogen and oxygen atoms in total. The van der Waals surface area contributed by atoms with Crippen LogP contribution in [0, 0.1) is 11.6 Å². The molecule has 0 saturated heterocycles. The maximum atomic E-state index is 12.7. The second-order valence-corrected chi connectivity index (χ2v) is 2.49. The van der Waals surface area contributed by atoms with Crippen LogP contribution in [0.15, 0.2) is 17.1 Å². The predicted molar refractivity (Wildman–Crippen MR) is 46.1 cm³/mol. The van der Waals surface area contributed by atoms with Crippen molar-refractivity contribution in [2.75, 3.05) is 0 Å². The van der Waals surface area contributed by atoms with E-state index in [0.29, 0.717) is 0 Å². The van der Waals surface area contributed by atoms with Gasteiger partial charge in [0.15, 0.2) is 0 Å². The van der Waals surface area contributed by atoms with Gasteiger partial charge in [0.1, 0.15) is 16.7 Å². The lowest BCUT2D eigenvalue weighted by atomic mass is 10.3. The van der Waals surface area contributed by atoms with Crippen LogP contribution in [0.5, 0.6) is 0 Å². The molecule has 0 N–H and O–H groups in total. The number of rotatable bonds is 1. The first-order chi connectivity index (χ1) is 5.65. The number of halogens is 3. The van der Waals surface area contributed by atoms with E-state index in [0.717, 1.165) is 12.1 Å². The van der Waals surface area contributed by atoms with Gasteiger partial charge in [0, 0.05) is 12.1 Å². The average Bonchev–Trinajstić information content (AvgIpc) is 2.01. The zero-order chi connectivity index (χ0) is 9.14. The van der Waals surface area contributed by atoms with Crippen LogP contribution >= 0.6 is 23.8 Å². The Morgan fingerprint density at radius 3 is 2.25 bits per heavy atom. The Morgan fingerprint density at radius 1 is 1.33 bits per heavy atom. The molecular formula is C7H2ClF2NS. The highest BCUT2D eigenvalue weighted by molar-refractivity contribution is 7.78. The van der Waals surface area contributed by atoms with Crippen molar-refractivity contribution in [3.8, 4) is 0 Å². The van der Waals surface area contributed by atoms with Crippen molar-refractivity contribution in [1.82, 2.24) is 0 Å². The molecule has 0 fully saturated rings.